The number of hydrogen-bond donors (Lipinski definition) is 3. The van der Waals surface area contributed by atoms with E-state index in [-0.39, 0.29) is 24.5 Å². The molecule has 0 bridgehead atoms. The molecule has 1 unspecified atom stereocenters. The summed E-state index contributed by atoms with van der Waals surface area (Å²) in [5.74, 6) is 0.394. The van der Waals surface area contributed by atoms with E-state index in [0.717, 1.165) is 22.3 Å². The fraction of sp³-hybridized carbons (Fsp3) is 0.148. The summed E-state index contributed by atoms with van der Waals surface area (Å²) in [6.07, 6.45) is 4.41. The Morgan fingerprint density at radius 2 is 1.53 bits per heavy atom. The van der Waals surface area contributed by atoms with Crippen LogP contribution in [-0.2, 0) is 9.53 Å². The second kappa shape index (κ2) is 9.92. The molecule has 0 spiro atoms. The Balaban J connectivity index is 1.36. The number of anilines is 1. The van der Waals surface area contributed by atoms with Crippen molar-refractivity contribution in [1.82, 2.24) is 5.32 Å². The molecule has 0 radical (unpaired) electrons. The Morgan fingerprint density at radius 1 is 0.941 bits per heavy atom. The SMILES string of the molecule is C#CCC(NC(=O)c1ccc(NC(=O)OCC2c3ccccc3-c3ccccc32)cc1)C(=O)O. The van der Waals surface area contributed by atoms with Crippen LogP contribution in [0.2, 0.25) is 0 Å². The number of ether oxygens (including phenoxy) is 1. The van der Waals surface area contributed by atoms with Crippen molar-refractivity contribution in [3.05, 3.63) is 89.5 Å². The maximum atomic E-state index is 12.4. The number of carboxylic acids is 1. The van der Waals surface area contributed by atoms with E-state index in [9.17, 15) is 14.4 Å². The van der Waals surface area contributed by atoms with Gasteiger partial charge in [0.2, 0.25) is 0 Å². The third-order valence-corrected chi connectivity index (χ3v) is 5.66. The molecule has 1 aliphatic carbocycles. The quantitative estimate of drug-likeness (QED) is 0.463. The number of amides is 2. The molecule has 4 rings (SSSR count). The van der Waals surface area contributed by atoms with Crippen molar-refractivity contribution < 1.29 is 24.2 Å². The molecule has 170 valence electrons. The van der Waals surface area contributed by atoms with E-state index in [1.54, 1.807) is 0 Å². The van der Waals surface area contributed by atoms with Crippen LogP contribution in [0.25, 0.3) is 11.1 Å². The van der Waals surface area contributed by atoms with Crippen LogP contribution in [0, 0.1) is 12.3 Å². The van der Waals surface area contributed by atoms with E-state index >= 15 is 0 Å². The fourth-order valence-electron chi connectivity index (χ4n) is 4.02. The van der Waals surface area contributed by atoms with Crippen LogP contribution >= 0.6 is 0 Å². The molecule has 0 aromatic heterocycles. The average Bonchev–Trinajstić information content (AvgIpc) is 3.16. The highest BCUT2D eigenvalue weighted by Crippen LogP contribution is 2.44. The van der Waals surface area contributed by atoms with Crippen molar-refractivity contribution >= 4 is 23.7 Å². The second-order valence-corrected chi connectivity index (χ2v) is 7.80. The smallest absolute Gasteiger partial charge is 0.411 e. The van der Waals surface area contributed by atoms with Gasteiger partial charge in [0.05, 0.1) is 0 Å². The van der Waals surface area contributed by atoms with E-state index in [1.807, 2.05) is 36.4 Å². The molecular formula is C27H22N2O5. The molecule has 3 aromatic carbocycles. The molecule has 0 fully saturated rings. The molecule has 34 heavy (non-hydrogen) atoms. The molecular weight excluding hydrogens is 432 g/mol. The van der Waals surface area contributed by atoms with Crippen LogP contribution in [0.5, 0.6) is 0 Å². The number of carboxylic acid groups (broad SMARTS) is 1. The van der Waals surface area contributed by atoms with E-state index in [2.05, 4.69) is 28.7 Å². The third kappa shape index (κ3) is 4.76. The van der Waals surface area contributed by atoms with Gasteiger partial charge in [0.15, 0.2) is 0 Å². The van der Waals surface area contributed by atoms with E-state index < -0.39 is 24.0 Å². The molecule has 1 atom stereocenters. The van der Waals surface area contributed by atoms with Crippen molar-refractivity contribution in [3.8, 4) is 23.5 Å². The zero-order valence-corrected chi connectivity index (χ0v) is 18.2. The summed E-state index contributed by atoms with van der Waals surface area (Å²) in [6.45, 7) is 0.187. The van der Waals surface area contributed by atoms with Gasteiger partial charge in [-0.25, -0.2) is 9.59 Å². The summed E-state index contributed by atoms with van der Waals surface area (Å²) in [5.41, 5.74) is 5.21. The molecule has 3 aromatic rings. The first-order valence-electron chi connectivity index (χ1n) is 10.7. The largest absolute Gasteiger partial charge is 0.480 e. The van der Waals surface area contributed by atoms with Crippen LogP contribution in [0.4, 0.5) is 10.5 Å². The molecule has 7 heteroatoms. The maximum Gasteiger partial charge on any atom is 0.411 e. The average molecular weight is 454 g/mol. The number of carbonyl (C=O) groups is 3. The van der Waals surface area contributed by atoms with Gasteiger partial charge in [-0.05, 0) is 46.5 Å². The van der Waals surface area contributed by atoms with Gasteiger partial charge < -0.3 is 15.2 Å². The second-order valence-electron chi connectivity index (χ2n) is 7.80. The Hall–Kier alpha value is -4.57. The van der Waals surface area contributed by atoms with Crippen molar-refractivity contribution in [2.24, 2.45) is 0 Å². The Morgan fingerprint density at radius 3 is 2.09 bits per heavy atom. The number of carbonyl (C=O) groups excluding carboxylic acids is 2. The number of fused-ring (bicyclic) bond motifs is 3. The number of rotatable bonds is 7. The van der Waals surface area contributed by atoms with Gasteiger partial charge >= 0.3 is 12.1 Å². The van der Waals surface area contributed by atoms with Gasteiger partial charge in [0.1, 0.15) is 12.6 Å². The number of benzene rings is 3. The summed E-state index contributed by atoms with van der Waals surface area (Å²) in [4.78, 5) is 35.8. The van der Waals surface area contributed by atoms with Gasteiger partial charge in [-0.3, -0.25) is 10.1 Å². The first-order chi connectivity index (χ1) is 16.5. The van der Waals surface area contributed by atoms with Gasteiger partial charge in [-0.15, -0.1) is 12.3 Å². The molecule has 0 heterocycles. The highest BCUT2D eigenvalue weighted by molar-refractivity contribution is 5.97. The maximum absolute atomic E-state index is 12.4. The summed E-state index contributed by atoms with van der Waals surface area (Å²) in [7, 11) is 0. The van der Waals surface area contributed by atoms with Crippen molar-refractivity contribution in [2.75, 3.05) is 11.9 Å². The van der Waals surface area contributed by atoms with Crippen molar-refractivity contribution in [2.45, 2.75) is 18.4 Å². The Kier molecular flexibility index (Phi) is 6.60. The van der Waals surface area contributed by atoms with Crippen LogP contribution < -0.4 is 10.6 Å². The van der Waals surface area contributed by atoms with Gasteiger partial charge in [0.25, 0.3) is 5.91 Å². The lowest BCUT2D eigenvalue weighted by atomic mass is 9.98. The lowest BCUT2D eigenvalue weighted by Gasteiger charge is -2.15. The Bertz CT molecular complexity index is 1230. The van der Waals surface area contributed by atoms with Crippen LogP contribution in [0.1, 0.15) is 33.8 Å². The molecule has 7 nitrogen and oxygen atoms in total. The summed E-state index contributed by atoms with van der Waals surface area (Å²) in [5, 5.41) is 14.1. The standard InChI is InChI=1S/C27H22N2O5/c1-2-7-24(26(31)32)29-25(30)17-12-14-18(15-13-17)28-27(33)34-16-23-21-10-5-3-8-19(21)20-9-4-6-11-22(20)23/h1,3-6,8-15,23-24H,7,16H2,(H,28,33)(H,29,30)(H,31,32). The molecule has 0 aliphatic heterocycles. The first-order valence-corrected chi connectivity index (χ1v) is 10.7. The van der Waals surface area contributed by atoms with E-state index in [0.29, 0.717) is 5.69 Å². The van der Waals surface area contributed by atoms with Gasteiger partial charge in [-0.2, -0.15) is 0 Å². The lowest BCUT2D eigenvalue weighted by molar-refractivity contribution is -0.139. The number of nitrogens with one attached hydrogen (secondary N) is 2. The van der Waals surface area contributed by atoms with Crippen LogP contribution in [0.3, 0.4) is 0 Å². The molecule has 1 aliphatic rings. The zero-order valence-electron chi connectivity index (χ0n) is 18.2. The normalized spacial score (nSPS) is 12.6. The number of hydrogen-bond acceptors (Lipinski definition) is 4. The molecule has 3 N–H and O–H groups in total. The van der Waals surface area contributed by atoms with Crippen molar-refractivity contribution in [3.63, 3.8) is 0 Å². The monoisotopic (exact) mass is 454 g/mol. The van der Waals surface area contributed by atoms with E-state index in [1.165, 1.54) is 24.3 Å². The summed E-state index contributed by atoms with van der Waals surface area (Å²) < 4.78 is 5.51. The zero-order chi connectivity index (χ0) is 24.1. The minimum absolute atomic E-state index is 0.0468. The predicted molar refractivity (Wildman–Crippen MR) is 127 cm³/mol. The van der Waals surface area contributed by atoms with Gasteiger partial charge in [-0.1, -0.05) is 48.5 Å². The third-order valence-electron chi connectivity index (χ3n) is 5.66. The van der Waals surface area contributed by atoms with E-state index in [4.69, 9.17) is 16.3 Å². The lowest BCUT2D eigenvalue weighted by Crippen LogP contribution is -2.40. The molecule has 0 saturated heterocycles. The first kappa shape index (κ1) is 22.6. The van der Waals surface area contributed by atoms with Crippen LogP contribution in [0.15, 0.2) is 72.8 Å². The molecule has 2 amide bonds. The Labute approximate surface area is 196 Å². The minimum atomic E-state index is -1.21. The number of aliphatic carboxylic acids is 1. The minimum Gasteiger partial charge on any atom is -0.480 e. The highest BCUT2D eigenvalue weighted by atomic mass is 16.5. The van der Waals surface area contributed by atoms with Crippen LogP contribution in [-0.4, -0.2) is 35.7 Å². The van der Waals surface area contributed by atoms with Crippen molar-refractivity contribution in [1.29, 1.82) is 0 Å². The highest BCUT2D eigenvalue weighted by Gasteiger charge is 2.29. The number of terminal acetylenes is 1. The predicted octanol–water partition coefficient (Wildman–Crippen LogP) is 4.25. The topological polar surface area (TPSA) is 105 Å². The summed E-state index contributed by atoms with van der Waals surface area (Å²) in [6, 6.07) is 21.0. The summed E-state index contributed by atoms with van der Waals surface area (Å²) >= 11 is 0. The molecule has 0 saturated carbocycles. The fourth-order valence-corrected chi connectivity index (χ4v) is 4.02. The van der Waals surface area contributed by atoms with Gasteiger partial charge in [0, 0.05) is 23.6 Å².